The van der Waals surface area contributed by atoms with Crippen LogP contribution in [0.25, 0.3) is 11.2 Å². The lowest BCUT2D eigenvalue weighted by molar-refractivity contribution is 0.366. The van der Waals surface area contributed by atoms with Gasteiger partial charge in [0, 0.05) is 7.05 Å². The summed E-state index contributed by atoms with van der Waals surface area (Å²) in [5.74, 6) is 1.72. The molecule has 3 rings (SSSR count). The Labute approximate surface area is 113 Å². The number of nitrogens with zero attached hydrogens (tertiary/aromatic N) is 2. The molecular formula is C14H21N5. The molecule has 2 aromatic rings. The van der Waals surface area contributed by atoms with E-state index in [-0.39, 0.29) is 5.54 Å². The van der Waals surface area contributed by atoms with E-state index >= 15 is 0 Å². The van der Waals surface area contributed by atoms with Gasteiger partial charge in [0.2, 0.25) is 0 Å². The fourth-order valence-electron chi connectivity index (χ4n) is 2.86. The molecule has 2 aromatic heterocycles. The van der Waals surface area contributed by atoms with Crippen molar-refractivity contribution < 1.29 is 0 Å². The number of pyridine rings is 1. The Morgan fingerprint density at radius 1 is 1.16 bits per heavy atom. The highest BCUT2D eigenvalue weighted by Crippen LogP contribution is 2.32. The van der Waals surface area contributed by atoms with Crippen molar-refractivity contribution in [2.75, 3.05) is 12.4 Å². The van der Waals surface area contributed by atoms with Crippen LogP contribution in [0.15, 0.2) is 12.1 Å². The third kappa shape index (κ3) is 2.30. The highest BCUT2D eigenvalue weighted by atomic mass is 15.1. The van der Waals surface area contributed by atoms with Gasteiger partial charge in [-0.05, 0) is 25.0 Å². The molecule has 0 atom stereocenters. The van der Waals surface area contributed by atoms with Crippen molar-refractivity contribution in [3.05, 3.63) is 18.0 Å². The van der Waals surface area contributed by atoms with Gasteiger partial charge in [-0.2, -0.15) is 0 Å². The van der Waals surface area contributed by atoms with E-state index in [1.165, 1.54) is 25.7 Å². The lowest BCUT2D eigenvalue weighted by Gasteiger charge is -2.25. The maximum Gasteiger partial charge on any atom is 0.179 e. The molecule has 0 bridgehead atoms. The van der Waals surface area contributed by atoms with Crippen LogP contribution in [0.4, 0.5) is 5.82 Å². The van der Waals surface area contributed by atoms with Gasteiger partial charge in [0.1, 0.15) is 11.6 Å². The van der Waals surface area contributed by atoms with Crippen LogP contribution < -0.4 is 11.1 Å². The number of aromatic nitrogens is 3. The summed E-state index contributed by atoms with van der Waals surface area (Å²) in [6, 6.07) is 3.95. The van der Waals surface area contributed by atoms with Gasteiger partial charge in [-0.25, -0.2) is 9.97 Å². The van der Waals surface area contributed by atoms with Crippen LogP contribution in [-0.2, 0) is 5.54 Å². The summed E-state index contributed by atoms with van der Waals surface area (Å²) in [5, 5.41) is 3.03. The Morgan fingerprint density at radius 3 is 2.58 bits per heavy atom. The van der Waals surface area contributed by atoms with Crippen LogP contribution in [0.3, 0.4) is 0 Å². The van der Waals surface area contributed by atoms with E-state index in [0.29, 0.717) is 0 Å². The Balaban J connectivity index is 1.99. The van der Waals surface area contributed by atoms with Crippen LogP contribution in [0.2, 0.25) is 0 Å². The molecule has 0 unspecified atom stereocenters. The molecule has 2 heterocycles. The van der Waals surface area contributed by atoms with Gasteiger partial charge < -0.3 is 16.0 Å². The smallest absolute Gasteiger partial charge is 0.179 e. The first kappa shape index (κ1) is 12.4. The molecule has 5 heteroatoms. The third-order valence-corrected chi connectivity index (χ3v) is 4.07. The molecular weight excluding hydrogens is 238 g/mol. The van der Waals surface area contributed by atoms with Crippen LogP contribution in [0.1, 0.15) is 44.3 Å². The number of hydrogen-bond donors (Lipinski definition) is 3. The van der Waals surface area contributed by atoms with Crippen LogP contribution >= 0.6 is 0 Å². The summed E-state index contributed by atoms with van der Waals surface area (Å²) in [4.78, 5) is 12.4. The van der Waals surface area contributed by atoms with Gasteiger partial charge in [0.25, 0.3) is 0 Å². The summed E-state index contributed by atoms with van der Waals surface area (Å²) in [6.07, 6.45) is 6.94. The Kier molecular flexibility index (Phi) is 3.14. The van der Waals surface area contributed by atoms with Crippen molar-refractivity contribution >= 4 is 17.0 Å². The molecule has 0 saturated heterocycles. The second-order valence-electron chi connectivity index (χ2n) is 5.47. The summed E-state index contributed by atoms with van der Waals surface area (Å²) in [5.41, 5.74) is 7.98. The third-order valence-electron chi connectivity index (χ3n) is 4.07. The predicted molar refractivity (Wildman–Crippen MR) is 77.0 cm³/mol. The lowest BCUT2D eigenvalue weighted by atomic mass is 9.91. The lowest BCUT2D eigenvalue weighted by Crippen LogP contribution is -2.37. The number of imidazole rings is 1. The van der Waals surface area contributed by atoms with E-state index in [0.717, 1.165) is 35.6 Å². The first-order chi connectivity index (χ1) is 9.21. The number of H-pyrrole nitrogens is 1. The molecule has 5 nitrogen and oxygen atoms in total. The molecule has 1 saturated carbocycles. The average molecular weight is 259 g/mol. The molecule has 0 amide bonds. The Bertz CT molecular complexity index is 566. The standard InChI is InChI=1S/C14H21N5/c1-16-11-7-6-10-12(18-11)19-13(17-10)14(15)8-4-2-3-5-9-14/h6-7H,2-5,8-9,15H2,1H3,(H2,16,17,18,19). The zero-order valence-corrected chi connectivity index (χ0v) is 11.4. The summed E-state index contributed by atoms with van der Waals surface area (Å²) in [7, 11) is 1.86. The minimum absolute atomic E-state index is 0.309. The van der Waals surface area contributed by atoms with Crippen molar-refractivity contribution in [1.82, 2.24) is 15.0 Å². The van der Waals surface area contributed by atoms with Crippen LogP contribution in [-0.4, -0.2) is 22.0 Å². The second kappa shape index (κ2) is 4.81. The van der Waals surface area contributed by atoms with Crippen molar-refractivity contribution in [2.24, 2.45) is 5.73 Å². The average Bonchev–Trinajstić information content (AvgIpc) is 2.74. The SMILES string of the molecule is CNc1ccc2[nH]c(C3(N)CCCCCC3)nc2n1. The van der Waals surface area contributed by atoms with E-state index in [1.54, 1.807) is 0 Å². The highest BCUT2D eigenvalue weighted by molar-refractivity contribution is 5.73. The quantitative estimate of drug-likeness (QED) is 0.724. The number of hydrogen-bond acceptors (Lipinski definition) is 4. The molecule has 19 heavy (non-hydrogen) atoms. The first-order valence-corrected chi connectivity index (χ1v) is 7.05. The summed E-state index contributed by atoms with van der Waals surface area (Å²) in [6.45, 7) is 0. The van der Waals surface area contributed by atoms with Crippen molar-refractivity contribution in [3.63, 3.8) is 0 Å². The summed E-state index contributed by atoms with van der Waals surface area (Å²) >= 11 is 0. The van der Waals surface area contributed by atoms with Gasteiger partial charge >= 0.3 is 0 Å². The first-order valence-electron chi connectivity index (χ1n) is 7.05. The van der Waals surface area contributed by atoms with Crippen molar-refractivity contribution in [2.45, 2.75) is 44.1 Å². The minimum Gasteiger partial charge on any atom is -0.373 e. The minimum atomic E-state index is -0.309. The largest absolute Gasteiger partial charge is 0.373 e. The normalized spacial score (nSPS) is 19.3. The number of nitrogens with one attached hydrogen (secondary N) is 2. The maximum absolute atomic E-state index is 6.58. The molecule has 0 aliphatic heterocycles. The van der Waals surface area contributed by atoms with Gasteiger partial charge in [0.15, 0.2) is 5.65 Å². The Hall–Kier alpha value is -1.62. The zero-order chi connectivity index (χ0) is 13.3. The van der Waals surface area contributed by atoms with E-state index in [4.69, 9.17) is 5.73 Å². The molecule has 1 aliphatic carbocycles. The molecule has 0 spiro atoms. The number of rotatable bonds is 2. The monoisotopic (exact) mass is 259 g/mol. The van der Waals surface area contributed by atoms with Gasteiger partial charge in [-0.1, -0.05) is 25.7 Å². The fraction of sp³-hybridized carbons (Fsp3) is 0.571. The van der Waals surface area contributed by atoms with E-state index in [2.05, 4.69) is 20.3 Å². The number of nitrogens with two attached hydrogens (primary N) is 1. The number of anilines is 1. The predicted octanol–water partition coefficient (Wildman–Crippen LogP) is 2.51. The van der Waals surface area contributed by atoms with E-state index in [1.807, 2.05) is 19.2 Å². The molecule has 102 valence electrons. The topological polar surface area (TPSA) is 79.6 Å². The molecule has 1 aliphatic rings. The van der Waals surface area contributed by atoms with Crippen molar-refractivity contribution in [3.8, 4) is 0 Å². The van der Waals surface area contributed by atoms with E-state index in [9.17, 15) is 0 Å². The molecule has 4 N–H and O–H groups in total. The van der Waals surface area contributed by atoms with E-state index < -0.39 is 0 Å². The summed E-state index contributed by atoms with van der Waals surface area (Å²) < 4.78 is 0. The molecule has 1 fully saturated rings. The number of fused-ring (bicyclic) bond motifs is 1. The molecule has 0 aromatic carbocycles. The van der Waals surface area contributed by atoms with Crippen LogP contribution in [0, 0.1) is 0 Å². The second-order valence-corrected chi connectivity index (χ2v) is 5.47. The fourth-order valence-corrected chi connectivity index (χ4v) is 2.86. The van der Waals surface area contributed by atoms with Gasteiger partial charge in [0.05, 0.1) is 11.1 Å². The van der Waals surface area contributed by atoms with Gasteiger partial charge in [-0.3, -0.25) is 0 Å². The molecule has 0 radical (unpaired) electrons. The zero-order valence-electron chi connectivity index (χ0n) is 11.4. The highest BCUT2D eigenvalue weighted by Gasteiger charge is 2.31. The van der Waals surface area contributed by atoms with Crippen molar-refractivity contribution in [1.29, 1.82) is 0 Å². The Morgan fingerprint density at radius 2 is 1.89 bits per heavy atom. The van der Waals surface area contributed by atoms with Crippen LogP contribution in [0.5, 0.6) is 0 Å². The van der Waals surface area contributed by atoms with Gasteiger partial charge in [-0.15, -0.1) is 0 Å². The number of aromatic amines is 1. The maximum atomic E-state index is 6.58.